The van der Waals surface area contributed by atoms with Crippen molar-refractivity contribution in [2.45, 2.75) is 13.8 Å². The van der Waals surface area contributed by atoms with Gasteiger partial charge in [-0.25, -0.2) is 4.79 Å². The molecular weight excluding hydrogens is 312 g/mol. The highest BCUT2D eigenvalue weighted by molar-refractivity contribution is 5.89. The molecular formula is C21H18N2O2. The van der Waals surface area contributed by atoms with E-state index in [1.54, 1.807) is 12.1 Å². The molecule has 0 bridgehead atoms. The van der Waals surface area contributed by atoms with Crippen LogP contribution in [0.4, 0.5) is 11.4 Å². The second kappa shape index (κ2) is 7.09. The van der Waals surface area contributed by atoms with Crippen molar-refractivity contribution in [3.05, 3.63) is 83.4 Å². The molecule has 0 spiro atoms. The van der Waals surface area contributed by atoms with Gasteiger partial charge in [-0.3, -0.25) is 0 Å². The van der Waals surface area contributed by atoms with Crippen molar-refractivity contribution in [3.8, 4) is 11.1 Å². The topological polar surface area (TPSA) is 62.0 Å². The highest BCUT2D eigenvalue weighted by atomic mass is 16.4. The van der Waals surface area contributed by atoms with Gasteiger partial charge in [0.25, 0.3) is 0 Å². The number of carbonyl (C=O) groups is 1. The second-order valence-corrected chi connectivity index (χ2v) is 5.84. The lowest BCUT2D eigenvalue weighted by atomic mass is 9.97. The van der Waals surface area contributed by atoms with Crippen LogP contribution in [-0.2, 0) is 0 Å². The van der Waals surface area contributed by atoms with Crippen molar-refractivity contribution in [1.82, 2.24) is 0 Å². The van der Waals surface area contributed by atoms with Gasteiger partial charge in [-0.1, -0.05) is 42.5 Å². The minimum atomic E-state index is -0.929. The Kier molecular flexibility index (Phi) is 4.70. The van der Waals surface area contributed by atoms with Crippen LogP contribution in [0.15, 0.2) is 77.0 Å². The summed E-state index contributed by atoms with van der Waals surface area (Å²) in [5.74, 6) is -0.929. The first kappa shape index (κ1) is 16.6. The molecule has 0 saturated carbocycles. The molecule has 4 nitrogen and oxygen atoms in total. The summed E-state index contributed by atoms with van der Waals surface area (Å²) in [4.78, 5) is 11.1. The fourth-order valence-corrected chi connectivity index (χ4v) is 2.67. The minimum absolute atomic E-state index is 0.278. The van der Waals surface area contributed by atoms with Crippen molar-refractivity contribution in [2.75, 3.05) is 0 Å². The highest BCUT2D eigenvalue weighted by Crippen LogP contribution is 2.34. The Hall–Kier alpha value is -3.27. The summed E-state index contributed by atoms with van der Waals surface area (Å²) in [7, 11) is 0. The van der Waals surface area contributed by atoms with Crippen molar-refractivity contribution in [1.29, 1.82) is 0 Å². The molecule has 0 aliphatic heterocycles. The lowest BCUT2D eigenvalue weighted by Gasteiger charge is -2.09. The molecule has 0 aliphatic carbocycles. The maximum absolute atomic E-state index is 11.1. The molecule has 0 amide bonds. The largest absolute Gasteiger partial charge is 0.478 e. The Balaban J connectivity index is 2.02. The second-order valence-electron chi connectivity index (χ2n) is 5.84. The molecule has 0 saturated heterocycles. The number of benzene rings is 3. The van der Waals surface area contributed by atoms with Gasteiger partial charge in [-0.2, -0.15) is 5.11 Å². The number of aromatic carboxylic acids is 1. The predicted octanol–water partition coefficient (Wildman–Crippen LogP) is 6.08. The van der Waals surface area contributed by atoms with E-state index < -0.39 is 5.97 Å². The molecule has 3 aromatic rings. The van der Waals surface area contributed by atoms with Gasteiger partial charge in [0, 0.05) is 5.56 Å². The van der Waals surface area contributed by atoms with E-state index in [9.17, 15) is 4.79 Å². The van der Waals surface area contributed by atoms with Gasteiger partial charge >= 0.3 is 5.97 Å². The van der Waals surface area contributed by atoms with Crippen molar-refractivity contribution >= 4 is 17.3 Å². The number of nitrogens with zero attached hydrogens (tertiary/aromatic N) is 2. The average Bonchev–Trinajstić information content (AvgIpc) is 2.61. The average molecular weight is 330 g/mol. The highest BCUT2D eigenvalue weighted by Gasteiger charge is 2.10. The maximum atomic E-state index is 11.1. The van der Waals surface area contributed by atoms with Gasteiger partial charge in [0.1, 0.15) is 0 Å². The van der Waals surface area contributed by atoms with Gasteiger partial charge in [0.2, 0.25) is 0 Å². The molecule has 0 atom stereocenters. The van der Waals surface area contributed by atoms with E-state index in [1.165, 1.54) is 0 Å². The molecule has 0 heterocycles. The smallest absolute Gasteiger partial charge is 0.335 e. The molecule has 3 rings (SSSR count). The molecule has 3 aromatic carbocycles. The molecule has 0 aromatic heterocycles. The van der Waals surface area contributed by atoms with Crippen LogP contribution in [0.5, 0.6) is 0 Å². The molecule has 0 fully saturated rings. The number of hydrogen-bond donors (Lipinski definition) is 1. The van der Waals surface area contributed by atoms with Gasteiger partial charge in [-0.15, -0.1) is 5.11 Å². The number of rotatable bonds is 4. The summed E-state index contributed by atoms with van der Waals surface area (Å²) in [5, 5.41) is 17.9. The third kappa shape index (κ3) is 3.63. The first-order chi connectivity index (χ1) is 12.1. The summed E-state index contributed by atoms with van der Waals surface area (Å²) >= 11 is 0. The first-order valence-corrected chi connectivity index (χ1v) is 7.97. The van der Waals surface area contributed by atoms with Crippen LogP contribution in [0.3, 0.4) is 0 Å². The molecule has 1 N–H and O–H groups in total. The Morgan fingerprint density at radius 1 is 0.760 bits per heavy atom. The standard InChI is InChI=1S/C21H18N2O2/c1-14-7-3-5-9-19(14)22-23-20-10-6-4-8-18(20)17-12-11-16(21(24)25)13-15(17)2/h3-13H,1-2H3,(H,24,25). The van der Waals surface area contributed by atoms with Crippen LogP contribution in [0.2, 0.25) is 0 Å². The number of hydrogen-bond acceptors (Lipinski definition) is 3. The Morgan fingerprint density at radius 2 is 1.40 bits per heavy atom. The van der Waals surface area contributed by atoms with Crippen molar-refractivity contribution < 1.29 is 9.90 Å². The fraction of sp³-hybridized carbons (Fsp3) is 0.0952. The molecule has 124 valence electrons. The number of carboxylic acids is 1. The summed E-state index contributed by atoms with van der Waals surface area (Å²) < 4.78 is 0. The van der Waals surface area contributed by atoms with Gasteiger partial charge in [0.15, 0.2) is 0 Å². The SMILES string of the molecule is Cc1ccccc1N=Nc1ccccc1-c1ccc(C(=O)O)cc1C. The van der Waals surface area contributed by atoms with E-state index in [1.807, 2.05) is 68.4 Å². The predicted molar refractivity (Wildman–Crippen MR) is 98.9 cm³/mol. The molecule has 4 heteroatoms. The van der Waals surface area contributed by atoms with Crippen LogP contribution >= 0.6 is 0 Å². The van der Waals surface area contributed by atoms with E-state index >= 15 is 0 Å². The Morgan fingerprint density at radius 3 is 2.08 bits per heavy atom. The van der Waals surface area contributed by atoms with Crippen LogP contribution < -0.4 is 0 Å². The summed E-state index contributed by atoms with van der Waals surface area (Å²) in [6.45, 7) is 3.89. The third-order valence-corrected chi connectivity index (χ3v) is 4.05. The lowest BCUT2D eigenvalue weighted by Crippen LogP contribution is -1.97. The zero-order valence-electron chi connectivity index (χ0n) is 14.1. The number of azo groups is 1. The zero-order chi connectivity index (χ0) is 17.8. The minimum Gasteiger partial charge on any atom is -0.478 e. The molecule has 0 aliphatic rings. The fourth-order valence-electron chi connectivity index (χ4n) is 2.67. The lowest BCUT2D eigenvalue weighted by molar-refractivity contribution is 0.0697. The number of aryl methyl sites for hydroxylation is 2. The van der Waals surface area contributed by atoms with Crippen molar-refractivity contribution in [3.63, 3.8) is 0 Å². The van der Waals surface area contributed by atoms with Crippen molar-refractivity contribution in [2.24, 2.45) is 10.2 Å². The first-order valence-electron chi connectivity index (χ1n) is 7.97. The quantitative estimate of drug-likeness (QED) is 0.589. The molecule has 25 heavy (non-hydrogen) atoms. The summed E-state index contributed by atoms with van der Waals surface area (Å²) in [6, 6.07) is 20.6. The maximum Gasteiger partial charge on any atom is 0.335 e. The van der Waals surface area contributed by atoms with Gasteiger partial charge in [0.05, 0.1) is 16.9 Å². The third-order valence-electron chi connectivity index (χ3n) is 4.05. The molecule has 0 radical (unpaired) electrons. The summed E-state index contributed by atoms with van der Waals surface area (Å²) in [5.41, 5.74) is 5.68. The monoisotopic (exact) mass is 330 g/mol. The van der Waals surface area contributed by atoms with Crippen LogP contribution in [0, 0.1) is 13.8 Å². The Labute approximate surface area is 146 Å². The Bertz CT molecular complexity index is 962. The van der Waals surface area contributed by atoms with E-state index in [2.05, 4.69) is 10.2 Å². The van der Waals surface area contributed by atoms with Crippen LogP contribution in [0.25, 0.3) is 11.1 Å². The molecule has 0 unspecified atom stereocenters. The number of carboxylic acid groups (broad SMARTS) is 1. The van der Waals surface area contributed by atoms with Crippen LogP contribution in [-0.4, -0.2) is 11.1 Å². The zero-order valence-corrected chi connectivity index (χ0v) is 14.1. The van der Waals surface area contributed by atoms with E-state index in [0.717, 1.165) is 33.6 Å². The van der Waals surface area contributed by atoms with Crippen LogP contribution in [0.1, 0.15) is 21.5 Å². The normalized spacial score (nSPS) is 11.0. The van der Waals surface area contributed by atoms with Gasteiger partial charge in [-0.05, 0) is 54.8 Å². The summed E-state index contributed by atoms with van der Waals surface area (Å²) in [6.07, 6.45) is 0. The van der Waals surface area contributed by atoms with E-state index in [0.29, 0.717) is 0 Å². The van der Waals surface area contributed by atoms with E-state index in [4.69, 9.17) is 5.11 Å². The van der Waals surface area contributed by atoms with Gasteiger partial charge < -0.3 is 5.11 Å². The van der Waals surface area contributed by atoms with E-state index in [-0.39, 0.29) is 5.56 Å².